The molecule has 2 heterocycles. The molecule has 0 radical (unpaired) electrons. The van der Waals surface area contributed by atoms with Gasteiger partial charge in [-0.3, -0.25) is 4.90 Å². The minimum Gasteiger partial charge on any atom is -0.390 e. The van der Waals surface area contributed by atoms with Gasteiger partial charge in [0.05, 0.1) is 5.60 Å². The van der Waals surface area contributed by atoms with Gasteiger partial charge in [0, 0.05) is 37.9 Å². The van der Waals surface area contributed by atoms with Crippen LogP contribution in [0.1, 0.15) is 38.7 Å². The van der Waals surface area contributed by atoms with E-state index in [0.29, 0.717) is 12.0 Å². The summed E-state index contributed by atoms with van der Waals surface area (Å²) >= 11 is 0. The number of benzene rings is 1. The molecule has 3 nitrogen and oxygen atoms in total. The van der Waals surface area contributed by atoms with E-state index in [2.05, 4.69) is 16.7 Å². The first kappa shape index (κ1) is 16.7. The first-order valence-electron chi connectivity index (χ1n) is 8.84. The highest BCUT2D eigenvalue weighted by Gasteiger charge is 2.37. The summed E-state index contributed by atoms with van der Waals surface area (Å²) in [6, 6.07) is 5.70. The molecule has 3 rings (SSSR count). The van der Waals surface area contributed by atoms with Gasteiger partial charge in [-0.1, -0.05) is 6.92 Å². The van der Waals surface area contributed by atoms with Crippen molar-refractivity contribution >= 4 is 5.69 Å². The van der Waals surface area contributed by atoms with E-state index in [-0.39, 0.29) is 5.82 Å². The maximum Gasteiger partial charge on any atom is 0.123 e. The largest absolute Gasteiger partial charge is 0.390 e. The summed E-state index contributed by atoms with van der Waals surface area (Å²) in [5.74, 6) is 0.170. The lowest BCUT2D eigenvalue weighted by molar-refractivity contribution is -0.0621. The van der Waals surface area contributed by atoms with E-state index in [4.69, 9.17) is 0 Å². The second-order valence-electron chi connectivity index (χ2n) is 7.65. The average Bonchev–Trinajstić information content (AvgIpc) is 2.50. The highest BCUT2D eigenvalue weighted by molar-refractivity contribution is 5.53. The molecule has 1 aromatic carbocycles. The lowest BCUT2D eigenvalue weighted by Crippen LogP contribution is -2.54. The molecule has 2 fully saturated rings. The fraction of sp³-hybridized carbons (Fsp3) is 0.684. The Hall–Kier alpha value is -1.13. The molecule has 2 saturated heterocycles. The number of aliphatic hydroxyl groups is 1. The number of hydrogen-bond donors (Lipinski definition) is 1. The van der Waals surface area contributed by atoms with Crippen LogP contribution in [0.15, 0.2) is 18.2 Å². The Morgan fingerprint density at radius 1 is 1.22 bits per heavy atom. The second kappa shape index (κ2) is 6.40. The van der Waals surface area contributed by atoms with E-state index in [0.717, 1.165) is 51.0 Å². The van der Waals surface area contributed by atoms with Crippen molar-refractivity contribution in [2.24, 2.45) is 5.92 Å². The normalized spacial score (nSPS) is 30.7. The Kier molecular flexibility index (Phi) is 4.65. The first-order chi connectivity index (χ1) is 10.9. The third kappa shape index (κ3) is 3.53. The maximum atomic E-state index is 13.3. The topological polar surface area (TPSA) is 26.7 Å². The summed E-state index contributed by atoms with van der Waals surface area (Å²) in [7, 11) is 0. The summed E-state index contributed by atoms with van der Waals surface area (Å²) in [5.41, 5.74) is 1.67. The number of anilines is 1. The molecule has 0 bridgehead atoms. The van der Waals surface area contributed by atoms with Crippen molar-refractivity contribution in [2.45, 2.75) is 51.7 Å². The molecule has 0 aromatic heterocycles. The number of rotatable bonds is 2. The van der Waals surface area contributed by atoms with Gasteiger partial charge in [0.1, 0.15) is 5.82 Å². The third-order valence-electron chi connectivity index (χ3n) is 5.96. The van der Waals surface area contributed by atoms with Gasteiger partial charge in [-0.25, -0.2) is 4.39 Å². The molecule has 0 aliphatic carbocycles. The fourth-order valence-corrected chi connectivity index (χ4v) is 4.03. The zero-order valence-electron chi connectivity index (χ0n) is 14.6. The van der Waals surface area contributed by atoms with Crippen molar-refractivity contribution in [1.29, 1.82) is 0 Å². The molecular formula is C19H29FN2O. The van der Waals surface area contributed by atoms with Crippen LogP contribution in [0.4, 0.5) is 10.1 Å². The Labute approximate surface area is 139 Å². The van der Waals surface area contributed by atoms with Crippen molar-refractivity contribution in [3.05, 3.63) is 29.6 Å². The summed E-state index contributed by atoms with van der Waals surface area (Å²) in [4.78, 5) is 4.95. The molecule has 0 unspecified atom stereocenters. The van der Waals surface area contributed by atoms with Crippen LogP contribution < -0.4 is 4.90 Å². The first-order valence-corrected chi connectivity index (χ1v) is 8.84. The van der Waals surface area contributed by atoms with E-state index < -0.39 is 5.60 Å². The van der Waals surface area contributed by atoms with Crippen LogP contribution >= 0.6 is 0 Å². The molecule has 23 heavy (non-hydrogen) atoms. The fourth-order valence-electron chi connectivity index (χ4n) is 4.03. The van der Waals surface area contributed by atoms with Crippen LogP contribution in [0.2, 0.25) is 0 Å². The van der Waals surface area contributed by atoms with Crippen LogP contribution in [0.3, 0.4) is 0 Å². The van der Waals surface area contributed by atoms with E-state index in [1.54, 1.807) is 12.1 Å². The number of hydrogen-bond acceptors (Lipinski definition) is 3. The Bertz CT molecular complexity index is 552. The smallest absolute Gasteiger partial charge is 0.123 e. The van der Waals surface area contributed by atoms with E-state index in [1.807, 2.05) is 19.9 Å². The summed E-state index contributed by atoms with van der Waals surface area (Å²) in [6.07, 6.45) is 3.16. The predicted octanol–water partition coefficient (Wildman–Crippen LogP) is 3.20. The molecule has 2 aliphatic heterocycles. The van der Waals surface area contributed by atoms with Crippen molar-refractivity contribution in [2.75, 3.05) is 31.1 Å². The van der Waals surface area contributed by atoms with E-state index in [1.165, 1.54) is 5.69 Å². The monoisotopic (exact) mass is 320 g/mol. The predicted molar refractivity (Wildman–Crippen MR) is 92.3 cm³/mol. The maximum absolute atomic E-state index is 13.3. The highest BCUT2D eigenvalue weighted by Crippen LogP contribution is 2.31. The minimum atomic E-state index is -0.511. The molecular weight excluding hydrogens is 291 g/mol. The SMILES string of the molecule is Cc1cc(F)ccc1N1CCC(N2CC[C@@](C)(O)[C@@H](C)C2)CC1. The Morgan fingerprint density at radius 3 is 2.52 bits per heavy atom. The summed E-state index contributed by atoms with van der Waals surface area (Å²) < 4.78 is 13.3. The number of halogens is 1. The van der Waals surface area contributed by atoms with Crippen molar-refractivity contribution in [1.82, 2.24) is 4.90 Å². The number of piperidine rings is 2. The number of aryl methyl sites for hydroxylation is 1. The molecule has 2 aliphatic rings. The summed E-state index contributed by atoms with van der Waals surface area (Å²) in [6.45, 7) is 10.2. The van der Waals surface area contributed by atoms with Crippen LogP contribution in [-0.2, 0) is 0 Å². The van der Waals surface area contributed by atoms with Crippen LogP contribution in [-0.4, -0.2) is 47.8 Å². The van der Waals surface area contributed by atoms with Crippen LogP contribution in [0.25, 0.3) is 0 Å². The lowest BCUT2D eigenvalue weighted by atomic mass is 9.82. The molecule has 4 heteroatoms. The Morgan fingerprint density at radius 2 is 1.91 bits per heavy atom. The zero-order valence-corrected chi connectivity index (χ0v) is 14.6. The molecule has 0 amide bonds. The molecule has 1 N–H and O–H groups in total. The van der Waals surface area contributed by atoms with Crippen LogP contribution in [0.5, 0.6) is 0 Å². The number of nitrogens with zero attached hydrogens (tertiary/aromatic N) is 2. The molecule has 0 spiro atoms. The van der Waals surface area contributed by atoms with Gasteiger partial charge in [0.15, 0.2) is 0 Å². The molecule has 0 saturated carbocycles. The van der Waals surface area contributed by atoms with Crippen LogP contribution in [0, 0.1) is 18.7 Å². The zero-order chi connectivity index (χ0) is 16.6. The van der Waals surface area contributed by atoms with Gasteiger partial charge < -0.3 is 10.0 Å². The molecule has 2 atom stereocenters. The Balaban J connectivity index is 1.58. The van der Waals surface area contributed by atoms with Crippen molar-refractivity contribution in [3.8, 4) is 0 Å². The standard InChI is InChI=1S/C19H29FN2O/c1-14-12-16(20)4-5-18(14)21-9-6-17(7-10-21)22-11-8-19(3,23)15(2)13-22/h4-5,12,15,17,23H,6-11,13H2,1-3H3/t15-,19+/m0/s1. The molecule has 128 valence electrons. The van der Waals surface area contributed by atoms with Crippen molar-refractivity contribution < 1.29 is 9.50 Å². The average molecular weight is 320 g/mol. The minimum absolute atomic E-state index is 0.157. The van der Waals surface area contributed by atoms with Gasteiger partial charge in [0.25, 0.3) is 0 Å². The van der Waals surface area contributed by atoms with Gasteiger partial charge in [-0.15, -0.1) is 0 Å². The van der Waals surface area contributed by atoms with Gasteiger partial charge >= 0.3 is 0 Å². The quantitative estimate of drug-likeness (QED) is 0.906. The lowest BCUT2D eigenvalue weighted by Gasteiger charge is -2.46. The van der Waals surface area contributed by atoms with Crippen molar-refractivity contribution in [3.63, 3.8) is 0 Å². The number of likely N-dealkylation sites (tertiary alicyclic amines) is 1. The van der Waals surface area contributed by atoms with E-state index >= 15 is 0 Å². The summed E-state index contributed by atoms with van der Waals surface area (Å²) in [5, 5.41) is 10.3. The highest BCUT2D eigenvalue weighted by atomic mass is 19.1. The van der Waals surface area contributed by atoms with Gasteiger partial charge in [-0.2, -0.15) is 0 Å². The molecule has 1 aromatic rings. The third-order valence-corrected chi connectivity index (χ3v) is 5.96. The van der Waals surface area contributed by atoms with Gasteiger partial charge in [-0.05, 0) is 62.8 Å². The van der Waals surface area contributed by atoms with Gasteiger partial charge in [0.2, 0.25) is 0 Å². The van der Waals surface area contributed by atoms with E-state index in [9.17, 15) is 9.50 Å². The second-order valence-corrected chi connectivity index (χ2v) is 7.65.